The van der Waals surface area contributed by atoms with Gasteiger partial charge in [-0.15, -0.1) is 0 Å². The lowest BCUT2D eigenvalue weighted by Gasteiger charge is -2.26. The fourth-order valence-corrected chi connectivity index (χ4v) is 4.38. The van der Waals surface area contributed by atoms with Crippen LogP contribution in [0.3, 0.4) is 0 Å². The van der Waals surface area contributed by atoms with Crippen LogP contribution in [0.2, 0.25) is 0 Å². The molecule has 0 saturated carbocycles. The van der Waals surface area contributed by atoms with Gasteiger partial charge in [-0.25, -0.2) is 0 Å². The molecule has 2 aromatic carbocycles. The minimum Gasteiger partial charge on any atom is -0.490 e. The highest BCUT2D eigenvalue weighted by atomic mass is 16.5. The number of carbonyl (C=O) groups excluding carboxylic acids is 2. The van der Waals surface area contributed by atoms with E-state index in [-0.39, 0.29) is 23.7 Å². The molecule has 2 amide bonds. The number of hydrogen-bond acceptors (Lipinski definition) is 6. The molecule has 8 heteroatoms. The minimum atomic E-state index is -0.385. The Labute approximate surface area is 207 Å². The summed E-state index contributed by atoms with van der Waals surface area (Å²) < 4.78 is 11.2. The van der Waals surface area contributed by atoms with E-state index < -0.39 is 0 Å². The van der Waals surface area contributed by atoms with Gasteiger partial charge in [0.05, 0.1) is 19.3 Å². The second-order valence-electron chi connectivity index (χ2n) is 8.87. The van der Waals surface area contributed by atoms with E-state index in [1.165, 1.54) is 0 Å². The molecule has 0 radical (unpaired) electrons. The van der Waals surface area contributed by atoms with Gasteiger partial charge in [-0.3, -0.25) is 19.9 Å². The van der Waals surface area contributed by atoms with Crippen LogP contribution in [0.15, 0.2) is 36.4 Å². The van der Waals surface area contributed by atoms with Gasteiger partial charge in [-0.1, -0.05) is 18.2 Å². The number of amides is 2. The fraction of sp³-hybridized carbons (Fsp3) is 0.444. The molecule has 35 heavy (non-hydrogen) atoms. The molecule has 0 aliphatic carbocycles. The van der Waals surface area contributed by atoms with Crippen LogP contribution in [-0.2, 0) is 11.3 Å². The third-order valence-electron chi connectivity index (χ3n) is 6.08. The quantitative estimate of drug-likeness (QED) is 0.422. The molecule has 0 aromatic heterocycles. The molecule has 8 nitrogen and oxygen atoms in total. The van der Waals surface area contributed by atoms with Crippen molar-refractivity contribution in [2.45, 2.75) is 46.2 Å². The number of likely N-dealkylation sites (tertiary alicyclic amines) is 1. The molecular weight excluding hydrogens is 444 g/mol. The molecule has 1 fully saturated rings. The first-order valence-electron chi connectivity index (χ1n) is 12.1. The van der Waals surface area contributed by atoms with E-state index in [4.69, 9.17) is 14.9 Å². The molecule has 188 valence electrons. The minimum absolute atomic E-state index is 0.0349. The Bertz CT molecular complexity index is 1080. The van der Waals surface area contributed by atoms with Crippen LogP contribution in [0.5, 0.6) is 11.5 Å². The maximum atomic E-state index is 12.8. The summed E-state index contributed by atoms with van der Waals surface area (Å²) in [5.41, 5.74) is 3.02. The van der Waals surface area contributed by atoms with E-state index in [2.05, 4.69) is 10.2 Å². The summed E-state index contributed by atoms with van der Waals surface area (Å²) in [5.74, 6) is 0.876. The number of likely N-dealkylation sites (N-methyl/N-ethyl adjacent to an activating group) is 1. The molecule has 1 heterocycles. The number of ether oxygens (including phenoxy) is 2. The molecule has 1 saturated heterocycles. The lowest BCUT2D eigenvalue weighted by molar-refractivity contribution is -0.133. The molecule has 2 N–H and O–H groups in total. The predicted molar refractivity (Wildman–Crippen MR) is 136 cm³/mol. The number of amidine groups is 1. The fourth-order valence-electron chi connectivity index (χ4n) is 4.38. The van der Waals surface area contributed by atoms with Crippen LogP contribution in [0.1, 0.15) is 53.7 Å². The number of rotatable bonds is 9. The molecule has 2 aromatic rings. The molecule has 3 rings (SSSR count). The Morgan fingerprint density at radius 3 is 2.46 bits per heavy atom. The van der Waals surface area contributed by atoms with Gasteiger partial charge in [0.25, 0.3) is 5.91 Å². The number of aryl methyl sites for hydroxylation is 1. The van der Waals surface area contributed by atoms with Crippen molar-refractivity contribution in [2.75, 3.05) is 33.9 Å². The summed E-state index contributed by atoms with van der Waals surface area (Å²) >= 11 is 0. The maximum Gasteiger partial charge on any atom is 0.256 e. The Morgan fingerprint density at radius 2 is 1.80 bits per heavy atom. The SMILES string of the molecule is CCOc1ccc(C(=O)NC(=N)c2ccc(CN3CCCC3C(=O)N(C)C)cc2C)cc1OCC. The first-order chi connectivity index (χ1) is 16.7. The Balaban J connectivity index is 1.69. The number of benzene rings is 2. The molecular formula is C27H36N4O4. The van der Waals surface area contributed by atoms with Gasteiger partial charge in [-0.05, 0) is 69.5 Å². The van der Waals surface area contributed by atoms with Crippen molar-refractivity contribution in [1.82, 2.24) is 15.1 Å². The van der Waals surface area contributed by atoms with Crippen molar-refractivity contribution in [2.24, 2.45) is 0 Å². The van der Waals surface area contributed by atoms with Gasteiger partial charge < -0.3 is 19.7 Å². The van der Waals surface area contributed by atoms with E-state index in [1.54, 1.807) is 37.2 Å². The number of hydrogen-bond donors (Lipinski definition) is 2. The molecule has 1 aliphatic rings. The predicted octanol–water partition coefficient (Wildman–Crippen LogP) is 3.60. The van der Waals surface area contributed by atoms with Crippen LogP contribution in [-0.4, -0.2) is 67.3 Å². The van der Waals surface area contributed by atoms with Gasteiger partial charge in [0.15, 0.2) is 11.5 Å². The van der Waals surface area contributed by atoms with Gasteiger partial charge in [0, 0.05) is 31.8 Å². The number of nitrogens with zero attached hydrogens (tertiary/aromatic N) is 2. The van der Waals surface area contributed by atoms with Crippen LogP contribution >= 0.6 is 0 Å². The lowest BCUT2D eigenvalue weighted by atomic mass is 10.0. The molecule has 0 bridgehead atoms. The van der Waals surface area contributed by atoms with Crippen LogP contribution in [0, 0.1) is 12.3 Å². The zero-order valence-corrected chi connectivity index (χ0v) is 21.3. The first-order valence-corrected chi connectivity index (χ1v) is 12.1. The van der Waals surface area contributed by atoms with Gasteiger partial charge in [-0.2, -0.15) is 0 Å². The topological polar surface area (TPSA) is 95.0 Å². The van der Waals surface area contributed by atoms with Gasteiger partial charge in [0.2, 0.25) is 5.91 Å². The van der Waals surface area contributed by atoms with E-state index in [1.807, 2.05) is 39.0 Å². The molecule has 1 aliphatic heterocycles. The highest BCUT2D eigenvalue weighted by molar-refractivity contribution is 6.12. The highest BCUT2D eigenvalue weighted by Crippen LogP contribution is 2.28. The first kappa shape index (κ1) is 26.2. The monoisotopic (exact) mass is 480 g/mol. The summed E-state index contributed by atoms with van der Waals surface area (Å²) in [6.45, 7) is 8.20. The average Bonchev–Trinajstić information content (AvgIpc) is 3.27. The van der Waals surface area contributed by atoms with Crippen molar-refractivity contribution >= 4 is 17.6 Å². The van der Waals surface area contributed by atoms with E-state index in [0.717, 1.165) is 30.5 Å². The number of nitrogens with one attached hydrogen (secondary N) is 2. The summed E-state index contributed by atoms with van der Waals surface area (Å²) in [7, 11) is 3.59. The third-order valence-corrected chi connectivity index (χ3v) is 6.08. The van der Waals surface area contributed by atoms with Crippen molar-refractivity contribution in [1.29, 1.82) is 5.41 Å². The Morgan fingerprint density at radius 1 is 1.09 bits per heavy atom. The summed E-state index contributed by atoms with van der Waals surface area (Å²) in [5, 5.41) is 11.2. The number of carbonyl (C=O) groups is 2. The summed E-state index contributed by atoms with van der Waals surface area (Å²) in [4.78, 5) is 29.2. The van der Waals surface area contributed by atoms with E-state index in [9.17, 15) is 9.59 Å². The van der Waals surface area contributed by atoms with Crippen LogP contribution < -0.4 is 14.8 Å². The zero-order valence-electron chi connectivity index (χ0n) is 21.3. The third kappa shape index (κ3) is 6.39. The normalized spacial score (nSPS) is 15.5. The largest absolute Gasteiger partial charge is 0.490 e. The van der Waals surface area contributed by atoms with Crippen molar-refractivity contribution in [3.63, 3.8) is 0 Å². The Kier molecular flexibility index (Phi) is 8.87. The standard InChI is InChI=1S/C27H36N4O4/c1-6-34-23-13-11-20(16-24(23)35-7-2)26(32)29-25(28)21-12-10-19(15-18(21)3)17-31-14-8-9-22(31)27(33)30(4)5/h10-13,15-16,22H,6-9,14,17H2,1-5H3,(H2,28,29,32). The zero-order chi connectivity index (χ0) is 25.5. The maximum absolute atomic E-state index is 12.8. The van der Waals surface area contributed by atoms with Gasteiger partial charge >= 0.3 is 0 Å². The summed E-state index contributed by atoms with van der Waals surface area (Å²) in [6, 6.07) is 10.8. The van der Waals surface area contributed by atoms with Gasteiger partial charge in [0.1, 0.15) is 5.84 Å². The Hall–Kier alpha value is -3.39. The van der Waals surface area contributed by atoms with Crippen molar-refractivity contribution < 1.29 is 19.1 Å². The molecule has 1 atom stereocenters. The van der Waals surface area contributed by atoms with Crippen LogP contribution in [0.4, 0.5) is 0 Å². The van der Waals surface area contributed by atoms with Crippen molar-refractivity contribution in [3.05, 3.63) is 58.7 Å². The molecule has 1 unspecified atom stereocenters. The average molecular weight is 481 g/mol. The highest BCUT2D eigenvalue weighted by Gasteiger charge is 2.31. The van der Waals surface area contributed by atoms with E-state index in [0.29, 0.717) is 42.4 Å². The van der Waals surface area contributed by atoms with E-state index >= 15 is 0 Å². The second-order valence-corrected chi connectivity index (χ2v) is 8.87. The smallest absolute Gasteiger partial charge is 0.256 e. The lowest BCUT2D eigenvalue weighted by Crippen LogP contribution is -2.42. The van der Waals surface area contributed by atoms with Crippen LogP contribution in [0.25, 0.3) is 0 Å². The van der Waals surface area contributed by atoms with Crippen molar-refractivity contribution in [3.8, 4) is 11.5 Å². The molecule has 0 spiro atoms. The second kappa shape index (κ2) is 11.8. The summed E-state index contributed by atoms with van der Waals surface area (Å²) in [6.07, 6.45) is 1.88.